The molecule has 0 bridgehead atoms. The summed E-state index contributed by atoms with van der Waals surface area (Å²) in [7, 11) is -0.874. The van der Waals surface area contributed by atoms with Crippen molar-refractivity contribution in [2.24, 2.45) is 0 Å². The number of methoxy groups -OCH3 is 1. The van der Waals surface area contributed by atoms with Crippen LogP contribution >= 0.6 is 0 Å². The average Bonchev–Trinajstić information content (AvgIpc) is 2.80. The zero-order chi connectivity index (χ0) is 22.4. The van der Waals surface area contributed by atoms with Crippen LogP contribution in [0.4, 0.5) is 10.1 Å². The predicted octanol–water partition coefficient (Wildman–Crippen LogP) is 3.63. The van der Waals surface area contributed by atoms with Gasteiger partial charge in [0.25, 0.3) is 15.9 Å². The van der Waals surface area contributed by atoms with E-state index in [1.165, 1.54) is 44.5 Å². The smallest absolute Gasteiger partial charge is 0.264 e. The fraction of sp³-hybridized carbons (Fsp3) is 0.174. The molecule has 0 heterocycles. The van der Waals surface area contributed by atoms with E-state index in [1.54, 1.807) is 42.5 Å². The van der Waals surface area contributed by atoms with Crippen LogP contribution in [0, 0.1) is 5.82 Å². The van der Waals surface area contributed by atoms with E-state index in [4.69, 9.17) is 4.74 Å². The van der Waals surface area contributed by atoms with Crippen LogP contribution in [0.25, 0.3) is 0 Å². The molecule has 1 N–H and O–H groups in total. The number of nitrogens with one attached hydrogen (secondary N) is 1. The summed E-state index contributed by atoms with van der Waals surface area (Å²) in [5, 5.41) is 2.76. The van der Waals surface area contributed by atoms with Crippen LogP contribution in [0.15, 0.2) is 77.7 Å². The fourth-order valence-electron chi connectivity index (χ4n) is 2.96. The van der Waals surface area contributed by atoms with Gasteiger partial charge in [-0.15, -0.1) is 0 Å². The van der Waals surface area contributed by atoms with Crippen LogP contribution in [0.2, 0.25) is 0 Å². The zero-order valence-electron chi connectivity index (χ0n) is 17.2. The van der Waals surface area contributed by atoms with E-state index in [1.807, 2.05) is 0 Å². The summed E-state index contributed by atoms with van der Waals surface area (Å²) in [6.07, 6.45) is 0.532. The van der Waals surface area contributed by atoms with Crippen LogP contribution < -0.4 is 14.4 Å². The van der Waals surface area contributed by atoms with Gasteiger partial charge >= 0.3 is 0 Å². The molecule has 0 aliphatic carbocycles. The molecule has 0 saturated heterocycles. The van der Waals surface area contributed by atoms with E-state index in [9.17, 15) is 17.6 Å². The van der Waals surface area contributed by atoms with E-state index < -0.39 is 10.0 Å². The number of hydrogen-bond donors (Lipinski definition) is 1. The Hall–Kier alpha value is -3.39. The van der Waals surface area contributed by atoms with Crippen molar-refractivity contribution in [1.82, 2.24) is 5.32 Å². The van der Waals surface area contributed by atoms with E-state index in [0.29, 0.717) is 24.4 Å². The van der Waals surface area contributed by atoms with Gasteiger partial charge in [-0.3, -0.25) is 9.10 Å². The summed E-state index contributed by atoms with van der Waals surface area (Å²) in [5.74, 6) is -0.0782. The van der Waals surface area contributed by atoms with Crippen molar-refractivity contribution in [2.45, 2.75) is 11.3 Å². The Morgan fingerprint density at radius 2 is 1.71 bits per heavy atom. The third-order valence-electron chi connectivity index (χ3n) is 4.80. The van der Waals surface area contributed by atoms with Gasteiger partial charge in [-0.1, -0.05) is 18.2 Å². The number of carbonyl (C=O) groups is 1. The lowest BCUT2D eigenvalue weighted by molar-refractivity contribution is 0.0954. The number of anilines is 1. The highest BCUT2D eigenvalue weighted by molar-refractivity contribution is 7.92. The summed E-state index contributed by atoms with van der Waals surface area (Å²) in [5.41, 5.74) is 1.59. The number of amides is 1. The molecule has 3 aromatic carbocycles. The van der Waals surface area contributed by atoms with E-state index in [2.05, 4.69) is 5.32 Å². The fourth-order valence-corrected chi connectivity index (χ4v) is 4.20. The number of sulfonamides is 1. The molecule has 8 heteroatoms. The van der Waals surface area contributed by atoms with Gasteiger partial charge in [-0.25, -0.2) is 12.8 Å². The van der Waals surface area contributed by atoms with Crippen LogP contribution in [0.5, 0.6) is 5.75 Å². The molecule has 0 spiro atoms. The van der Waals surface area contributed by atoms with Gasteiger partial charge < -0.3 is 10.1 Å². The van der Waals surface area contributed by atoms with Crippen LogP contribution in [0.3, 0.4) is 0 Å². The van der Waals surface area contributed by atoms with Crippen molar-refractivity contribution in [3.8, 4) is 5.75 Å². The number of rotatable bonds is 8. The maximum absolute atomic E-state index is 13.0. The molecule has 6 nitrogen and oxygen atoms in total. The van der Waals surface area contributed by atoms with Crippen molar-refractivity contribution >= 4 is 21.6 Å². The number of hydrogen-bond acceptors (Lipinski definition) is 4. The Morgan fingerprint density at radius 3 is 2.35 bits per heavy atom. The van der Waals surface area contributed by atoms with Crippen LogP contribution in [0.1, 0.15) is 15.9 Å². The third-order valence-corrected chi connectivity index (χ3v) is 6.58. The quantitative estimate of drug-likeness (QED) is 0.578. The zero-order valence-corrected chi connectivity index (χ0v) is 18.0. The number of benzene rings is 3. The lowest BCUT2D eigenvalue weighted by Crippen LogP contribution is -2.28. The summed E-state index contributed by atoms with van der Waals surface area (Å²) in [6, 6.07) is 18.6. The Bertz CT molecular complexity index is 1150. The lowest BCUT2D eigenvalue weighted by Gasteiger charge is -2.20. The van der Waals surface area contributed by atoms with E-state index in [-0.39, 0.29) is 22.2 Å². The van der Waals surface area contributed by atoms with Crippen molar-refractivity contribution in [3.05, 3.63) is 89.7 Å². The summed E-state index contributed by atoms with van der Waals surface area (Å²) >= 11 is 0. The van der Waals surface area contributed by atoms with Crippen molar-refractivity contribution in [1.29, 1.82) is 0 Å². The topological polar surface area (TPSA) is 75.7 Å². The maximum Gasteiger partial charge on any atom is 0.264 e. The largest absolute Gasteiger partial charge is 0.497 e. The summed E-state index contributed by atoms with van der Waals surface area (Å²) in [4.78, 5) is 12.5. The van der Waals surface area contributed by atoms with Gasteiger partial charge in [-0.2, -0.15) is 0 Å². The first kappa shape index (κ1) is 22.3. The molecule has 3 rings (SSSR count). The summed E-state index contributed by atoms with van der Waals surface area (Å²) < 4.78 is 45.3. The van der Waals surface area contributed by atoms with Gasteiger partial charge in [0.1, 0.15) is 11.6 Å². The molecule has 3 aromatic rings. The van der Waals surface area contributed by atoms with Gasteiger partial charge in [0.2, 0.25) is 0 Å². The first-order valence-corrected chi connectivity index (χ1v) is 11.0. The highest BCUT2D eigenvalue weighted by Crippen LogP contribution is 2.24. The number of ether oxygens (including phenoxy) is 1. The normalized spacial score (nSPS) is 11.1. The van der Waals surface area contributed by atoms with Gasteiger partial charge in [0.15, 0.2) is 0 Å². The number of halogens is 1. The summed E-state index contributed by atoms with van der Waals surface area (Å²) in [6.45, 7) is 0.340. The molecule has 0 aliphatic heterocycles. The molecule has 31 heavy (non-hydrogen) atoms. The second-order valence-electron chi connectivity index (χ2n) is 6.83. The van der Waals surface area contributed by atoms with Gasteiger partial charge in [0, 0.05) is 19.2 Å². The highest BCUT2D eigenvalue weighted by Gasteiger charge is 2.22. The minimum absolute atomic E-state index is 0.0111. The first-order valence-electron chi connectivity index (χ1n) is 9.57. The SMILES string of the molecule is COc1ccc(N(C)S(=O)(=O)c2cccc(C(=O)NCCc3ccc(F)cc3)c2)cc1. The predicted molar refractivity (Wildman–Crippen MR) is 117 cm³/mol. The molecule has 0 atom stereocenters. The Kier molecular flexibility index (Phi) is 6.91. The van der Waals surface area contributed by atoms with E-state index in [0.717, 1.165) is 9.87 Å². The first-order chi connectivity index (χ1) is 14.8. The van der Waals surface area contributed by atoms with Crippen molar-refractivity contribution in [3.63, 3.8) is 0 Å². The third kappa shape index (κ3) is 5.40. The molecular weight excluding hydrogens is 419 g/mol. The second kappa shape index (κ2) is 9.61. The minimum Gasteiger partial charge on any atom is -0.497 e. The molecule has 1 amide bonds. The molecule has 0 unspecified atom stereocenters. The Morgan fingerprint density at radius 1 is 1.03 bits per heavy atom. The van der Waals surface area contributed by atoms with Gasteiger partial charge in [0.05, 0.1) is 17.7 Å². The molecule has 0 aromatic heterocycles. The number of nitrogens with zero attached hydrogens (tertiary/aromatic N) is 1. The maximum atomic E-state index is 13.0. The molecular formula is C23H23FN2O4S. The standard InChI is InChI=1S/C23H23FN2O4S/c1-26(20-10-12-21(30-2)13-11-20)31(28,29)22-5-3-4-18(16-22)23(27)25-15-14-17-6-8-19(24)9-7-17/h3-13,16H,14-15H2,1-2H3,(H,25,27). The van der Waals surface area contributed by atoms with Crippen molar-refractivity contribution < 1.29 is 22.3 Å². The minimum atomic E-state index is -3.86. The average molecular weight is 443 g/mol. The molecule has 0 aliphatic rings. The van der Waals surface area contributed by atoms with E-state index >= 15 is 0 Å². The molecule has 0 saturated carbocycles. The monoisotopic (exact) mass is 442 g/mol. The van der Waals surface area contributed by atoms with Crippen molar-refractivity contribution in [2.75, 3.05) is 25.0 Å². The Balaban J connectivity index is 1.70. The molecule has 0 fully saturated rings. The second-order valence-corrected chi connectivity index (χ2v) is 8.80. The Labute approximate surface area is 181 Å². The lowest BCUT2D eigenvalue weighted by atomic mass is 10.1. The van der Waals surface area contributed by atoms with Crippen LogP contribution in [-0.4, -0.2) is 35.0 Å². The van der Waals surface area contributed by atoms with Gasteiger partial charge in [-0.05, 0) is 66.6 Å². The molecule has 162 valence electrons. The highest BCUT2D eigenvalue weighted by atomic mass is 32.2. The van der Waals surface area contributed by atoms with Crippen LogP contribution in [-0.2, 0) is 16.4 Å². The number of carbonyl (C=O) groups excluding carboxylic acids is 1. The molecule has 0 radical (unpaired) electrons.